The van der Waals surface area contributed by atoms with Crippen LogP contribution in [-0.4, -0.2) is 54.4 Å². The molecule has 1 aromatic carbocycles. The van der Waals surface area contributed by atoms with Crippen LogP contribution in [0.1, 0.15) is 38.8 Å². The van der Waals surface area contributed by atoms with Gasteiger partial charge in [-0.15, -0.1) is 0 Å². The maximum Gasteiger partial charge on any atom is 0.268 e. The Hall–Kier alpha value is -3.80. The molecule has 11 heteroatoms. The second-order valence-corrected chi connectivity index (χ2v) is 10.5. The Kier molecular flexibility index (Phi) is 7.15. The average Bonchev–Trinajstić information content (AvgIpc) is 3.34. The zero-order valence-corrected chi connectivity index (χ0v) is 23.1. The average molecular weight is 574 g/mol. The van der Waals surface area contributed by atoms with Crippen LogP contribution in [0.15, 0.2) is 46.1 Å². The van der Waals surface area contributed by atoms with Gasteiger partial charge in [0.2, 0.25) is 0 Å². The maximum absolute atomic E-state index is 13.3. The van der Waals surface area contributed by atoms with E-state index >= 15 is 0 Å². The van der Waals surface area contributed by atoms with Gasteiger partial charge in [-0.25, -0.2) is 0 Å². The van der Waals surface area contributed by atoms with Crippen molar-refractivity contribution in [3.63, 3.8) is 0 Å². The first-order chi connectivity index (χ1) is 18.4. The fourth-order valence-corrected chi connectivity index (χ4v) is 6.13. The van der Waals surface area contributed by atoms with Crippen LogP contribution in [0.5, 0.6) is 0 Å². The van der Waals surface area contributed by atoms with E-state index in [1.807, 2.05) is 6.07 Å². The van der Waals surface area contributed by atoms with Gasteiger partial charge in [0.05, 0.1) is 40.6 Å². The Morgan fingerprint density at radius 3 is 2.58 bits per heavy atom. The first-order valence-corrected chi connectivity index (χ1v) is 13.4. The molecule has 0 radical (unpaired) electrons. The summed E-state index contributed by atoms with van der Waals surface area (Å²) in [6.07, 6.45) is 6.02. The summed E-state index contributed by atoms with van der Waals surface area (Å²) in [7, 11) is 0. The summed E-state index contributed by atoms with van der Waals surface area (Å²) in [5, 5.41) is 23.2. The monoisotopic (exact) mass is 573 g/mol. The summed E-state index contributed by atoms with van der Waals surface area (Å²) in [4.78, 5) is 27.0. The van der Waals surface area contributed by atoms with Crippen molar-refractivity contribution in [3.8, 4) is 12.1 Å². The molecule has 1 aliphatic rings. The molecular formula is C27H28BrN9O. The number of rotatable bonds is 6. The van der Waals surface area contributed by atoms with Crippen LogP contribution >= 0.6 is 15.9 Å². The Morgan fingerprint density at radius 2 is 1.87 bits per heavy atom. The van der Waals surface area contributed by atoms with Crippen molar-refractivity contribution in [1.29, 1.82) is 10.5 Å². The van der Waals surface area contributed by atoms with Gasteiger partial charge in [0.1, 0.15) is 23.1 Å². The molecule has 0 N–H and O–H groups in total. The number of nitriles is 2. The molecule has 0 saturated carbocycles. The number of hydrogen-bond acceptors (Lipinski definition) is 8. The van der Waals surface area contributed by atoms with E-state index in [-0.39, 0.29) is 36.8 Å². The molecule has 1 unspecified atom stereocenters. The highest BCUT2D eigenvalue weighted by molar-refractivity contribution is 9.10. The van der Waals surface area contributed by atoms with Gasteiger partial charge in [0.15, 0.2) is 0 Å². The lowest BCUT2D eigenvalue weighted by atomic mass is 9.98. The van der Waals surface area contributed by atoms with E-state index < -0.39 is 0 Å². The quantitative estimate of drug-likeness (QED) is 0.339. The standard InChI is InChI=1S/C27H28BrN9O/c1-4-20-15-36(17(2)14-37(20)18(3)19-5-6-21-22(13-19)32-10-9-31-21)26-24(28)27(38)35(12-8-30)23-16-34(11-7-29)33-25(23)26/h5-6,9-10,13,16-18,20H,4,11-12,14-15H2,1-3H3/t17-,18?,20+/m0/s1. The summed E-state index contributed by atoms with van der Waals surface area (Å²) in [6, 6.07) is 10.9. The van der Waals surface area contributed by atoms with Crippen LogP contribution in [-0.2, 0) is 13.1 Å². The van der Waals surface area contributed by atoms with Crippen molar-refractivity contribution < 1.29 is 0 Å². The lowest BCUT2D eigenvalue weighted by molar-refractivity contribution is 0.106. The molecule has 4 heterocycles. The minimum atomic E-state index is -0.279. The molecule has 194 valence electrons. The molecular weight excluding hydrogens is 546 g/mol. The van der Waals surface area contributed by atoms with E-state index in [0.29, 0.717) is 22.1 Å². The molecule has 1 saturated heterocycles. The van der Waals surface area contributed by atoms with Gasteiger partial charge in [-0.05, 0) is 53.9 Å². The zero-order valence-electron chi connectivity index (χ0n) is 21.5. The molecule has 3 aromatic heterocycles. The van der Waals surface area contributed by atoms with E-state index in [0.717, 1.165) is 29.7 Å². The minimum absolute atomic E-state index is 0.0566. The van der Waals surface area contributed by atoms with Gasteiger partial charge >= 0.3 is 0 Å². The third-order valence-electron chi connectivity index (χ3n) is 7.48. The number of piperazine rings is 1. The summed E-state index contributed by atoms with van der Waals surface area (Å²) >= 11 is 3.55. The van der Waals surface area contributed by atoms with Crippen molar-refractivity contribution in [2.45, 2.75) is 58.4 Å². The van der Waals surface area contributed by atoms with Gasteiger partial charge in [-0.3, -0.25) is 28.9 Å². The van der Waals surface area contributed by atoms with Crippen molar-refractivity contribution in [1.82, 2.24) is 29.2 Å². The number of anilines is 1. The number of halogens is 1. The topological polar surface area (TPSA) is 120 Å². The lowest BCUT2D eigenvalue weighted by Gasteiger charge is -2.49. The first kappa shape index (κ1) is 25.8. The molecule has 38 heavy (non-hydrogen) atoms. The number of pyridine rings is 1. The van der Waals surface area contributed by atoms with Crippen LogP contribution in [0.2, 0.25) is 0 Å². The van der Waals surface area contributed by atoms with Crippen LogP contribution in [0.25, 0.3) is 22.1 Å². The Labute approximate surface area is 228 Å². The Bertz CT molecular complexity index is 1650. The fraction of sp³-hybridized carbons (Fsp3) is 0.407. The summed E-state index contributed by atoms with van der Waals surface area (Å²) < 4.78 is 3.32. The second-order valence-electron chi connectivity index (χ2n) is 9.67. The van der Waals surface area contributed by atoms with Gasteiger partial charge in [0, 0.05) is 43.6 Å². The molecule has 1 aliphatic heterocycles. The van der Waals surface area contributed by atoms with E-state index in [1.54, 1.807) is 18.6 Å². The van der Waals surface area contributed by atoms with Crippen molar-refractivity contribution >= 4 is 43.7 Å². The molecule has 5 rings (SSSR count). The predicted molar refractivity (Wildman–Crippen MR) is 148 cm³/mol. The van der Waals surface area contributed by atoms with Crippen LogP contribution in [0.3, 0.4) is 0 Å². The van der Waals surface area contributed by atoms with E-state index in [9.17, 15) is 15.3 Å². The van der Waals surface area contributed by atoms with E-state index in [2.05, 4.69) is 85.8 Å². The normalized spacial score (nSPS) is 18.9. The Balaban J connectivity index is 1.53. The Morgan fingerprint density at radius 1 is 1.13 bits per heavy atom. The number of nitrogens with zero attached hydrogens (tertiary/aromatic N) is 9. The second kappa shape index (κ2) is 10.5. The van der Waals surface area contributed by atoms with Crippen molar-refractivity contribution in [2.24, 2.45) is 0 Å². The maximum atomic E-state index is 13.3. The van der Waals surface area contributed by atoms with Crippen LogP contribution < -0.4 is 10.5 Å². The number of hydrogen-bond donors (Lipinski definition) is 0. The number of fused-ring (bicyclic) bond motifs is 2. The summed E-state index contributed by atoms with van der Waals surface area (Å²) in [5.41, 5.74) is 4.55. The lowest BCUT2D eigenvalue weighted by Crippen LogP contribution is -2.58. The van der Waals surface area contributed by atoms with Gasteiger partial charge < -0.3 is 4.90 Å². The fourth-order valence-electron chi connectivity index (χ4n) is 5.50. The van der Waals surface area contributed by atoms with E-state index in [4.69, 9.17) is 0 Å². The minimum Gasteiger partial charge on any atom is -0.363 e. The number of benzene rings is 1. The third-order valence-corrected chi connectivity index (χ3v) is 8.19. The summed E-state index contributed by atoms with van der Waals surface area (Å²) in [5.74, 6) is 0. The van der Waals surface area contributed by atoms with Gasteiger partial charge in [-0.1, -0.05) is 13.0 Å². The number of aromatic nitrogens is 5. The predicted octanol–water partition coefficient (Wildman–Crippen LogP) is 4.00. The summed E-state index contributed by atoms with van der Waals surface area (Å²) in [6.45, 7) is 8.01. The molecule has 1 fully saturated rings. The molecule has 10 nitrogen and oxygen atoms in total. The molecule has 4 aromatic rings. The largest absolute Gasteiger partial charge is 0.363 e. The third kappa shape index (κ3) is 4.42. The molecule has 0 bridgehead atoms. The van der Waals surface area contributed by atoms with Gasteiger partial charge in [-0.2, -0.15) is 15.6 Å². The van der Waals surface area contributed by atoms with Crippen LogP contribution in [0.4, 0.5) is 5.69 Å². The molecule has 0 aliphatic carbocycles. The SMILES string of the molecule is CC[C@@H]1CN(c2c(Br)c(=O)n(CC#N)c3cn(CC#N)nc23)[C@@H](C)CN1C(C)c1ccc2nccnc2c1. The molecule has 3 atom stereocenters. The highest BCUT2D eigenvalue weighted by Crippen LogP contribution is 2.37. The smallest absolute Gasteiger partial charge is 0.268 e. The molecule has 0 spiro atoms. The molecule has 0 amide bonds. The highest BCUT2D eigenvalue weighted by Gasteiger charge is 2.36. The van der Waals surface area contributed by atoms with Crippen LogP contribution in [0, 0.1) is 22.7 Å². The van der Waals surface area contributed by atoms with Crippen molar-refractivity contribution in [3.05, 3.63) is 57.2 Å². The highest BCUT2D eigenvalue weighted by atomic mass is 79.9. The van der Waals surface area contributed by atoms with Crippen molar-refractivity contribution in [2.75, 3.05) is 18.0 Å². The van der Waals surface area contributed by atoms with E-state index in [1.165, 1.54) is 14.8 Å². The first-order valence-electron chi connectivity index (χ1n) is 12.6. The zero-order chi connectivity index (χ0) is 27.0. The van der Waals surface area contributed by atoms with Gasteiger partial charge in [0.25, 0.3) is 5.56 Å².